The minimum atomic E-state index is -1.05. The van der Waals surface area contributed by atoms with Crippen molar-refractivity contribution in [1.82, 2.24) is 0 Å². The van der Waals surface area contributed by atoms with Gasteiger partial charge in [-0.2, -0.15) is 0 Å². The highest BCUT2D eigenvalue weighted by atomic mass is 35.5. The molecule has 4 heteroatoms. The third kappa shape index (κ3) is 3.86. The molecule has 0 radical (unpaired) electrons. The van der Waals surface area contributed by atoms with Crippen molar-refractivity contribution >= 4 is 22.4 Å². The van der Waals surface area contributed by atoms with Crippen LogP contribution >= 0.6 is 11.6 Å². The molecule has 0 aliphatic rings. The maximum absolute atomic E-state index is 11.9. The van der Waals surface area contributed by atoms with E-state index in [9.17, 15) is 4.21 Å². The number of hydrogen-bond acceptors (Lipinski definition) is 2. The Kier molecular flexibility index (Phi) is 4.79. The van der Waals surface area contributed by atoms with Crippen molar-refractivity contribution in [2.24, 2.45) is 0 Å². The average Bonchev–Trinajstić information content (AvgIpc) is 2.40. The molecular weight excluding hydrogens is 268 g/mol. The highest BCUT2D eigenvalue weighted by Crippen LogP contribution is 2.13. The van der Waals surface area contributed by atoms with E-state index in [0.29, 0.717) is 17.4 Å². The van der Waals surface area contributed by atoms with Crippen LogP contribution in [0.25, 0.3) is 0 Å². The lowest BCUT2D eigenvalue weighted by atomic mass is 10.3. The van der Waals surface area contributed by atoms with E-state index in [4.69, 9.17) is 16.3 Å². The molecule has 0 amide bonds. The zero-order valence-electron chi connectivity index (χ0n) is 9.71. The first-order valence-corrected chi connectivity index (χ1v) is 7.27. The van der Waals surface area contributed by atoms with Gasteiger partial charge in [0.1, 0.15) is 12.4 Å². The zero-order chi connectivity index (χ0) is 12.8. The minimum absolute atomic E-state index is 0.430. The smallest absolute Gasteiger partial charge is 0.119 e. The molecule has 0 N–H and O–H groups in total. The Balaban J connectivity index is 1.84. The van der Waals surface area contributed by atoms with Crippen molar-refractivity contribution in [2.75, 3.05) is 12.4 Å². The summed E-state index contributed by atoms with van der Waals surface area (Å²) in [7, 11) is -1.05. The summed E-state index contributed by atoms with van der Waals surface area (Å²) in [6.07, 6.45) is 0. The Morgan fingerprint density at radius 2 is 1.67 bits per heavy atom. The van der Waals surface area contributed by atoms with Crippen LogP contribution in [0.2, 0.25) is 5.02 Å². The average molecular weight is 281 g/mol. The Morgan fingerprint density at radius 3 is 2.33 bits per heavy atom. The predicted octanol–water partition coefficient (Wildman–Crippen LogP) is 3.53. The Labute approximate surface area is 114 Å². The summed E-state index contributed by atoms with van der Waals surface area (Å²) in [6, 6.07) is 16.5. The molecule has 18 heavy (non-hydrogen) atoms. The molecule has 0 aliphatic carbocycles. The predicted molar refractivity (Wildman–Crippen MR) is 74.7 cm³/mol. The van der Waals surface area contributed by atoms with E-state index < -0.39 is 10.8 Å². The monoisotopic (exact) mass is 280 g/mol. The minimum Gasteiger partial charge on any atom is -0.493 e. The topological polar surface area (TPSA) is 26.3 Å². The molecule has 2 aromatic rings. The second kappa shape index (κ2) is 6.57. The van der Waals surface area contributed by atoms with Gasteiger partial charge >= 0.3 is 0 Å². The molecule has 0 heterocycles. The molecule has 2 nitrogen and oxygen atoms in total. The molecule has 0 fully saturated rings. The molecule has 0 spiro atoms. The first kappa shape index (κ1) is 13.1. The van der Waals surface area contributed by atoms with E-state index in [1.807, 2.05) is 30.3 Å². The van der Waals surface area contributed by atoms with E-state index in [1.54, 1.807) is 24.3 Å². The maximum atomic E-state index is 11.9. The molecule has 2 rings (SSSR count). The van der Waals surface area contributed by atoms with Gasteiger partial charge in [-0.15, -0.1) is 0 Å². The molecule has 2 aromatic carbocycles. The second-order valence-corrected chi connectivity index (χ2v) is 5.67. The third-order valence-corrected chi connectivity index (χ3v) is 3.94. The molecule has 0 aliphatic heterocycles. The lowest BCUT2D eigenvalue weighted by Gasteiger charge is -2.06. The van der Waals surface area contributed by atoms with Crippen molar-refractivity contribution in [3.8, 4) is 5.75 Å². The molecule has 1 unspecified atom stereocenters. The van der Waals surface area contributed by atoms with E-state index >= 15 is 0 Å². The van der Waals surface area contributed by atoms with Gasteiger partial charge in [0.2, 0.25) is 0 Å². The fourth-order valence-electron chi connectivity index (χ4n) is 1.46. The number of para-hydroxylation sites is 1. The summed E-state index contributed by atoms with van der Waals surface area (Å²) in [5, 5.41) is 0.649. The molecule has 94 valence electrons. The van der Waals surface area contributed by atoms with Gasteiger partial charge in [0.05, 0.1) is 16.6 Å². The summed E-state index contributed by atoms with van der Waals surface area (Å²) < 4.78 is 17.4. The normalized spacial score (nSPS) is 12.1. The van der Waals surface area contributed by atoms with Crippen molar-refractivity contribution in [1.29, 1.82) is 0 Å². The van der Waals surface area contributed by atoms with Crippen LogP contribution in [0.15, 0.2) is 59.5 Å². The third-order valence-electron chi connectivity index (χ3n) is 2.36. The molecule has 0 saturated heterocycles. The van der Waals surface area contributed by atoms with E-state index in [2.05, 4.69) is 0 Å². The molecular formula is C14H13ClO2S. The standard InChI is InChI=1S/C14H13ClO2S/c15-12-6-8-14(9-7-12)18(16)11-10-17-13-4-2-1-3-5-13/h1-9H,10-11H2. The van der Waals surface area contributed by atoms with Gasteiger partial charge in [-0.05, 0) is 36.4 Å². The van der Waals surface area contributed by atoms with Crippen molar-refractivity contribution in [3.05, 3.63) is 59.6 Å². The number of hydrogen-bond donors (Lipinski definition) is 0. The summed E-state index contributed by atoms with van der Waals surface area (Å²) >= 11 is 5.78. The Morgan fingerprint density at radius 1 is 1.00 bits per heavy atom. The number of benzene rings is 2. The Bertz CT molecular complexity index is 511. The number of rotatable bonds is 5. The fraction of sp³-hybridized carbons (Fsp3) is 0.143. The maximum Gasteiger partial charge on any atom is 0.119 e. The van der Waals surface area contributed by atoms with Crippen molar-refractivity contribution in [2.45, 2.75) is 4.90 Å². The van der Waals surface area contributed by atoms with E-state index in [0.717, 1.165) is 10.6 Å². The van der Waals surface area contributed by atoms with Gasteiger partial charge in [0.15, 0.2) is 0 Å². The Hall–Kier alpha value is -1.32. The lowest BCUT2D eigenvalue weighted by Crippen LogP contribution is -2.08. The van der Waals surface area contributed by atoms with Crippen LogP contribution in [0.3, 0.4) is 0 Å². The van der Waals surface area contributed by atoms with Crippen LogP contribution in [-0.4, -0.2) is 16.6 Å². The van der Waals surface area contributed by atoms with Crippen LogP contribution in [0.4, 0.5) is 0 Å². The number of ether oxygens (including phenoxy) is 1. The van der Waals surface area contributed by atoms with Crippen LogP contribution in [0.1, 0.15) is 0 Å². The van der Waals surface area contributed by atoms with Crippen molar-refractivity contribution in [3.63, 3.8) is 0 Å². The summed E-state index contributed by atoms with van der Waals surface area (Å²) in [5.74, 6) is 1.27. The van der Waals surface area contributed by atoms with Gasteiger partial charge in [0.25, 0.3) is 0 Å². The quantitative estimate of drug-likeness (QED) is 0.837. The summed E-state index contributed by atoms with van der Waals surface area (Å²) in [4.78, 5) is 0.774. The second-order valence-electron chi connectivity index (χ2n) is 3.67. The van der Waals surface area contributed by atoms with Gasteiger partial charge in [-0.25, -0.2) is 0 Å². The van der Waals surface area contributed by atoms with Gasteiger partial charge in [-0.3, -0.25) is 4.21 Å². The van der Waals surface area contributed by atoms with Crippen LogP contribution in [0.5, 0.6) is 5.75 Å². The van der Waals surface area contributed by atoms with Gasteiger partial charge in [-0.1, -0.05) is 29.8 Å². The molecule has 1 atom stereocenters. The van der Waals surface area contributed by atoms with Gasteiger partial charge < -0.3 is 4.74 Å². The van der Waals surface area contributed by atoms with Crippen molar-refractivity contribution < 1.29 is 8.95 Å². The first-order chi connectivity index (χ1) is 8.75. The van der Waals surface area contributed by atoms with Gasteiger partial charge in [0, 0.05) is 9.92 Å². The van der Waals surface area contributed by atoms with Crippen LogP contribution in [-0.2, 0) is 10.8 Å². The number of halogens is 1. The summed E-state index contributed by atoms with van der Waals surface area (Å²) in [6.45, 7) is 0.430. The zero-order valence-corrected chi connectivity index (χ0v) is 11.3. The van der Waals surface area contributed by atoms with E-state index in [1.165, 1.54) is 0 Å². The summed E-state index contributed by atoms with van der Waals surface area (Å²) in [5.41, 5.74) is 0. The largest absolute Gasteiger partial charge is 0.493 e. The molecule has 0 bridgehead atoms. The highest BCUT2D eigenvalue weighted by Gasteiger charge is 2.03. The highest BCUT2D eigenvalue weighted by molar-refractivity contribution is 7.85. The molecule has 0 aromatic heterocycles. The fourth-order valence-corrected chi connectivity index (χ4v) is 2.49. The van der Waals surface area contributed by atoms with E-state index in [-0.39, 0.29) is 0 Å². The molecule has 0 saturated carbocycles. The van der Waals surface area contributed by atoms with Crippen LogP contribution < -0.4 is 4.74 Å². The SMILES string of the molecule is O=S(CCOc1ccccc1)c1ccc(Cl)cc1. The lowest BCUT2D eigenvalue weighted by molar-refractivity contribution is 0.342. The van der Waals surface area contributed by atoms with Crippen LogP contribution in [0, 0.1) is 0 Å². The first-order valence-electron chi connectivity index (χ1n) is 5.57.